The number of para-hydroxylation sites is 2. The van der Waals surface area contributed by atoms with Gasteiger partial charge in [0.05, 0.1) is 48.8 Å². The van der Waals surface area contributed by atoms with Crippen LogP contribution in [0.25, 0.3) is 0 Å². The fraction of sp³-hybridized carbons (Fsp3) is 0.182. The molecule has 0 saturated carbocycles. The van der Waals surface area contributed by atoms with Crippen molar-refractivity contribution in [2.45, 2.75) is 12.1 Å². The second kappa shape index (κ2) is 7.23. The monoisotopic (exact) mass is 378 g/mol. The average Bonchev–Trinajstić information content (AvgIpc) is 2.72. The van der Waals surface area contributed by atoms with Crippen LogP contribution in [0.3, 0.4) is 0 Å². The number of nitrogens with one attached hydrogen (secondary N) is 2. The van der Waals surface area contributed by atoms with Gasteiger partial charge < -0.3 is 30.3 Å². The summed E-state index contributed by atoms with van der Waals surface area (Å²) in [5, 5.41) is 28.3. The predicted molar refractivity (Wildman–Crippen MR) is 108 cm³/mol. The van der Waals surface area contributed by atoms with Gasteiger partial charge in [0, 0.05) is 0 Å². The molecule has 4 rings (SSSR count). The zero-order valence-corrected chi connectivity index (χ0v) is 15.6. The molecule has 0 fully saturated rings. The second-order valence-corrected chi connectivity index (χ2v) is 6.58. The van der Waals surface area contributed by atoms with E-state index in [2.05, 4.69) is 10.6 Å². The third kappa shape index (κ3) is 2.93. The van der Waals surface area contributed by atoms with Crippen LogP contribution in [0.5, 0.6) is 23.0 Å². The van der Waals surface area contributed by atoms with Crippen molar-refractivity contribution in [1.29, 1.82) is 0 Å². The molecule has 1 aliphatic heterocycles. The molecular weight excluding hydrogens is 356 g/mol. The highest BCUT2D eigenvalue weighted by atomic mass is 16.5. The van der Waals surface area contributed by atoms with E-state index < -0.39 is 12.1 Å². The zero-order valence-electron chi connectivity index (χ0n) is 15.6. The van der Waals surface area contributed by atoms with Gasteiger partial charge in [-0.15, -0.1) is 0 Å². The van der Waals surface area contributed by atoms with Gasteiger partial charge in [0.1, 0.15) is 23.0 Å². The summed E-state index contributed by atoms with van der Waals surface area (Å²) in [6.07, 6.45) is 0. The molecule has 4 N–H and O–H groups in total. The van der Waals surface area contributed by atoms with Crippen molar-refractivity contribution >= 4 is 11.4 Å². The Hall–Kier alpha value is -3.54. The highest BCUT2D eigenvalue weighted by molar-refractivity contribution is 5.74. The van der Waals surface area contributed by atoms with Gasteiger partial charge in [-0.2, -0.15) is 0 Å². The van der Waals surface area contributed by atoms with Crippen molar-refractivity contribution in [3.8, 4) is 23.0 Å². The number of phenolic OH excluding ortho intramolecular Hbond substituents is 2. The predicted octanol–water partition coefficient (Wildman–Crippen LogP) is 4.44. The maximum atomic E-state index is 10.6. The molecule has 0 bridgehead atoms. The van der Waals surface area contributed by atoms with Crippen LogP contribution >= 0.6 is 0 Å². The lowest BCUT2D eigenvalue weighted by atomic mass is 9.88. The summed E-state index contributed by atoms with van der Waals surface area (Å²) in [5.41, 5.74) is 2.98. The summed E-state index contributed by atoms with van der Waals surface area (Å²) in [6.45, 7) is 0. The van der Waals surface area contributed by atoms with E-state index in [1.165, 1.54) is 0 Å². The standard InChI is InChI=1S/C22H22N2O4/c1-27-17-11-5-9-15(25)19(17)21-22(20-16(26)10-6-12-18(20)28-2)24-14-8-4-3-7-13(14)23-21/h3-12,21-26H,1-2H3/t21-,22-/m1/s1. The van der Waals surface area contributed by atoms with Crippen LogP contribution in [0.15, 0.2) is 60.7 Å². The van der Waals surface area contributed by atoms with E-state index in [1.54, 1.807) is 50.6 Å². The summed E-state index contributed by atoms with van der Waals surface area (Å²) in [5.74, 6) is 1.32. The number of benzene rings is 3. The number of hydrogen-bond acceptors (Lipinski definition) is 6. The topological polar surface area (TPSA) is 83.0 Å². The first-order valence-electron chi connectivity index (χ1n) is 8.98. The summed E-state index contributed by atoms with van der Waals surface area (Å²) in [7, 11) is 3.14. The molecule has 2 atom stereocenters. The van der Waals surface area contributed by atoms with Crippen molar-refractivity contribution in [2.24, 2.45) is 0 Å². The molecule has 1 heterocycles. The number of phenols is 2. The van der Waals surface area contributed by atoms with Gasteiger partial charge in [0.2, 0.25) is 0 Å². The third-order valence-corrected chi connectivity index (χ3v) is 5.03. The minimum Gasteiger partial charge on any atom is -0.507 e. The Morgan fingerprint density at radius 1 is 0.643 bits per heavy atom. The summed E-state index contributed by atoms with van der Waals surface area (Å²) < 4.78 is 11.0. The maximum absolute atomic E-state index is 10.6. The number of anilines is 2. The van der Waals surface area contributed by atoms with Gasteiger partial charge in [-0.25, -0.2) is 0 Å². The van der Waals surface area contributed by atoms with Crippen LogP contribution in [0.1, 0.15) is 23.2 Å². The van der Waals surface area contributed by atoms with E-state index in [4.69, 9.17) is 9.47 Å². The molecule has 0 saturated heterocycles. The number of aromatic hydroxyl groups is 2. The first kappa shape index (κ1) is 17.9. The lowest BCUT2D eigenvalue weighted by Crippen LogP contribution is -2.31. The van der Waals surface area contributed by atoms with Crippen LogP contribution in [-0.4, -0.2) is 24.4 Å². The Kier molecular flexibility index (Phi) is 4.61. The minimum atomic E-state index is -0.423. The number of rotatable bonds is 4. The van der Waals surface area contributed by atoms with Crippen LogP contribution in [-0.2, 0) is 0 Å². The van der Waals surface area contributed by atoms with Gasteiger partial charge in [0.25, 0.3) is 0 Å². The SMILES string of the molecule is COc1cccc(O)c1[C@H]1Nc2ccccc2N[C@@H]1c1c(O)cccc1OC. The molecule has 6 heteroatoms. The Bertz CT molecular complexity index is 925. The van der Waals surface area contributed by atoms with E-state index >= 15 is 0 Å². The van der Waals surface area contributed by atoms with E-state index in [0.29, 0.717) is 22.6 Å². The minimum absolute atomic E-state index is 0.109. The van der Waals surface area contributed by atoms with Gasteiger partial charge in [-0.1, -0.05) is 24.3 Å². The average molecular weight is 378 g/mol. The molecule has 0 amide bonds. The smallest absolute Gasteiger partial charge is 0.127 e. The fourth-order valence-corrected chi connectivity index (χ4v) is 3.76. The van der Waals surface area contributed by atoms with Crippen LogP contribution in [0, 0.1) is 0 Å². The Morgan fingerprint density at radius 3 is 1.46 bits per heavy atom. The van der Waals surface area contributed by atoms with Crippen LogP contribution in [0.4, 0.5) is 11.4 Å². The number of fused-ring (bicyclic) bond motifs is 1. The van der Waals surface area contributed by atoms with Gasteiger partial charge >= 0.3 is 0 Å². The van der Waals surface area contributed by atoms with Crippen molar-refractivity contribution in [2.75, 3.05) is 24.9 Å². The molecular formula is C22H22N2O4. The zero-order chi connectivity index (χ0) is 19.7. The highest BCUT2D eigenvalue weighted by Gasteiger charge is 2.36. The summed E-state index contributed by atoms with van der Waals surface area (Å²) in [6, 6.07) is 17.3. The van der Waals surface area contributed by atoms with Crippen LogP contribution < -0.4 is 20.1 Å². The normalized spacial score (nSPS) is 17.8. The van der Waals surface area contributed by atoms with Gasteiger partial charge in [-0.3, -0.25) is 0 Å². The van der Waals surface area contributed by atoms with Gasteiger partial charge in [0.15, 0.2) is 0 Å². The molecule has 0 unspecified atom stereocenters. The lowest BCUT2D eigenvalue weighted by Gasteiger charge is -2.38. The molecule has 3 aromatic carbocycles. The van der Waals surface area contributed by atoms with E-state index in [0.717, 1.165) is 11.4 Å². The second-order valence-electron chi connectivity index (χ2n) is 6.58. The maximum Gasteiger partial charge on any atom is 0.127 e. The first-order chi connectivity index (χ1) is 13.6. The molecule has 6 nitrogen and oxygen atoms in total. The van der Waals surface area contributed by atoms with E-state index in [9.17, 15) is 10.2 Å². The number of ether oxygens (including phenoxy) is 2. The van der Waals surface area contributed by atoms with E-state index in [1.807, 2.05) is 24.3 Å². The molecule has 0 radical (unpaired) electrons. The molecule has 0 aromatic heterocycles. The first-order valence-corrected chi connectivity index (χ1v) is 8.98. The molecule has 0 aliphatic carbocycles. The lowest BCUT2D eigenvalue weighted by molar-refractivity contribution is 0.379. The third-order valence-electron chi connectivity index (χ3n) is 5.03. The quantitative estimate of drug-likeness (QED) is 0.537. The summed E-state index contributed by atoms with van der Waals surface area (Å²) >= 11 is 0. The molecule has 3 aromatic rings. The van der Waals surface area contributed by atoms with Crippen molar-refractivity contribution in [1.82, 2.24) is 0 Å². The molecule has 1 aliphatic rings. The Morgan fingerprint density at radius 2 is 1.07 bits per heavy atom. The Balaban J connectivity index is 1.93. The van der Waals surface area contributed by atoms with E-state index in [-0.39, 0.29) is 11.5 Å². The largest absolute Gasteiger partial charge is 0.507 e. The van der Waals surface area contributed by atoms with Crippen LogP contribution in [0.2, 0.25) is 0 Å². The number of methoxy groups -OCH3 is 2. The fourth-order valence-electron chi connectivity index (χ4n) is 3.76. The summed E-state index contributed by atoms with van der Waals surface area (Å²) in [4.78, 5) is 0. The molecule has 28 heavy (non-hydrogen) atoms. The van der Waals surface area contributed by atoms with Crippen molar-refractivity contribution in [3.63, 3.8) is 0 Å². The number of hydrogen-bond donors (Lipinski definition) is 4. The Labute approximate surface area is 163 Å². The van der Waals surface area contributed by atoms with Gasteiger partial charge in [-0.05, 0) is 36.4 Å². The van der Waals surface area contributed by atoms with Crippen molar-refractivity contribution < 1.29 is 19.7 Å². The molecule has 144 valence electrons. The van der Waals surface area contributed by atoms with Crippen molar-refractivity contribution in [3.05, 3.63) is 71.8 Å². The molecule has 0 spiro atoms. The highest BCUT2D eigenvalue weighted by Crippen LogP contribution is 2.50.